The van der Waals surface area contributed by atoms with Crippen LogP contribution in [-0.2, 0) is 9.53 Å². The summed E-state index contributed by atoms with van der Waals surface area (Å²) in [6, 6.07) is 4.20. The fraction of sp³-hybridized carbons (Fsp3) is 0.273. The molecule has 0 spiro atoms. The molecule has 1 unspecified atom stereocenters. The molecule has 1 heterocycles. The number of nitro benzene ring substituents is 1. The van der Waals surface area contributed by atoms with Gasteiger partial charge in [-0.15, -0.1) is 0 Å². The summed E-state index contributed by atoms with van der Waals surface area (Å²) in [4.78, 5) is 21.9. The van der Waals surface area contributed by atoms with Crippen molar-refractivity contribution in [2.24, 2.45) is 0 Å². The molecule has 0 aliphatic heterocycles. The van der Waals surface area contributed by atoms with E-state index in [-0.39, 0.29) is 58.4 Å². The summed E-state index contributed by atoms with van der Waals surface area (Å²) in [7, 11) is 0. The molecule has 0 N–H and O–H groups in total. The zero-order valence-electron chi connectivity index (χ0n) is 11.3. The van der Waals surface area contributed by atoms with Crippen LogP contribution in [0.3, 0.4) is 0 Å². The number of carbonyl (C=O) groups excluding carboxylic acids is 1. The van der Waals surface area contributed by atoms with Crippen molar-refractivity contribution in [2.45, 2.75) is 12.8 Å². The van der Waals surface area contributed by atoms with Gasteiger partial charge in [0.15, 0.2) is 5.92 Å². The molecule has 10 heteroatoms. The van der Waals surface area contributed by atoms with Gasteiger partial charge in [-0.3, -0.25) is 14.9 Å². The van der Waals surface area contributed by atoms with Gasteiger partial charge in [0.05, 0.1) is 17.6 Å². The fourth-order valence-electron chi connectivity index (χ4n) is 1.73. The minimum Gasteiger partial charge on any atom is -0.465 e. The van der Waals surface area contributed by atoms with Gasteiger partial charge in [-0.05, 0) is 23.3 Å². The molecule has 0 radical (unpaired) electrons. The molecule has 0 amide bonds. The van der Waals surface area contributed by atoms with E-state index in [1.807, 2.05) is 0 Å². The topological polar surface area (TPSA) is 132 Å². The third-order valence-electron chi connectivity index (χ3n) is 2.58. The Labute approximate surface area is 140 Å². The van der Waals surface area contributed by atoms with Gasteiger partial charge in [0.25, 0.3) is 0 Å². The number of fused-ring (bicyclic) bond motifs is 1. The standard InChI is InChI=1S/C11H8N4O5.Na/c1-2-19-11(16)7(5-12)6-3-4-8(15(17)18)10-9(6)13-20-14-10;/h3-4,7H,2H2,1H3;/q;+1. The number of nitrogens with zero attached hydrogens (tertiary/aromatic N) is 4. The van der Waals surface area contributed by atoms with Crippen molar-refractivity contribution >= 4 is 22.7 Å². The number of esters is 1. The van der Waals surface area contributed by atoms with Crippen molar-refractivity contribution in [1.29, 1.82) is 5.26 Å². The second kappa shape index (κ2) is 7.12. The molecular formula is C11H8N4NaO5+. The molecule has 0 saturated heterocycles. The molecular weight excluding hydrogens is 291 g/mol. The van der Waals surface area contributed by atoms with E-state index >= 15 is 0 Å². The van der Waals surface area contributed by atoms with Gasteiger partial charge in [0.2, 0.25) is 5.52 Å². The predicted molar refractivity (Wildman–Crippen MR) is 63.4 cm³/mol. The smallest absolute Gasteiger partial charge is 0.465 e. The van der Waals surface area contributed by atoms with E-state index in [2.05, 4.69) is 14.9 Å². The Morgan fingerprint density at radius 3 is 2.76 bits per heavy atom. The predicted octanol–water partition coefficient (Wildman–Crippen LogP) is -1.69. The fourth-order valence-corrected chi connectivity index (χ4v) is 1.73. The summed E-state index contributed by atoms with van der Waals surface area (Å²) in [6.45, 7) is 1.72. The quantitative estimate of drug-likeness (QED) is 0.282. The number of hydrogen-bond donors (Lipinski definition) is 0. The summed E-state index contributed by atoms with van der Waals surface area (Å²) < 4.78 is 9.24. The number of rotatable bonds is 4. The number of hydrogen-bond acceptors (Lipinski definition) is 8. The van der Waals surface area contributed by atoms with E-state index in [0.717, 1.165) is 6.07 Å². The summed E-state index contributed by atoms with van der Waals surface area (Å²) in [6.07, 6.45) is 0. The maximum absolute atomic E-state index is 11.7. The van der Waals surface area contributed by atoms with Crippen molar-refractivity contribution in [3.05, 3.63) is 27.8 Å². The molecule has 9 nitrogen and oxygen atoms in total. The first kappa shape index (κ1) is 17.0. The number of carbonyl (C=O) groups is 1. The number of nitro groups is 1. The van der Waals surface area contributed by atoms with Gasteiger partial charge in [-0.25, -0.2) is 4.63 Å². The Balaban J connectivity index is 0.00000220. The van der Waals surface area contributed by atoms with Crippen LogP contribution in [0.2, 0.25) is 0 Å². The molecule has 102 valence electrons. The van der Waals surface area contributed by atoms with E-state index in [1.54, 1.807) is 13.0 Å². The van der Waals surface area contributed by atoms with Gasteiger partial charge >= 0.3 is 41.2 Å². The summed E-state index contributed by atoms with van der Waals surface area (Å²) >= 11 is 0. The number of ether oxygens (including phenoxy) is 1. The van der Waals surface area contributed by atoms with Crippen LogP contribution < -0.4 is 29.6 Å². The molecule has 0 fully saturated rings. The number of non-ortho nitro benzene ring substituents is 1. The van der Waals surface area contributed by atoms with Crippen LogP contribution >= 0.6 is 0 Å². The van der Waals surface area contributed by atoms with Crippen molar-refractivity contribution in [1.82, 2.24) is 10.3 Å². The average Bonchev–Trinajstić information content (AvgIpc) is 2.88. The minimum absolute atomic E-state index is 0. The van der Waals surface area contributed by atoms with Gasteiger partial charge in [-0.2, -0.15) is 5.26 Å². The maximum Gasteiger partial charge on any atom is 1.00 e. The van der Waals surface area contributed by atoms with Crippen LogP contribution in [-0.4, -0.2) is 27.8 Å². The zero-order valence-corrected chi connectivity index (χ0v) is 13.3. The Kier molecular flexibility index (Phi) is 5.78. The minimum atomic E-state index is -1.25. The van der Waals surface area contributed by atoms with Crippen LogP contribution in [0.1, 0.15) is 18.4 Å². The van der Waals surface area contributed by atoms with Crippen LogP contribution in [0.5, 0.6) is 0 Å². The van der Waals surface area contributed by atoms with Crippen LogP contribution in [0.25, 0.3) is 11.0 Å². The van der Waals surface area contributed by atoms with E-state index < -0.39 is 16.8 Å². The van der Waals surface area contributed by atoms with E-state index in [0.29, 0.717) is 0 Å². The molecule has 2 aromatic rings. The SMILES string of the molecule is CCOC(=O)C(C#N)c1ccc([N+](=O)[O-])c2nonc12.[Na+]. The number of nitriles is 1. The first-order valence-corrected chi connectivity index (χ1v) is 5.56. The van der Waals surface area contributed by atoms with Crippen molar-refractivity contribution in [3.8, 4) is 6.07 Å². The van der Waals surface area contributed by atoms with E-state index in [9.17, 15) is 14.9 Å². The van der Waals surface area contributed by atoms with Crippen LogP contribution in [0.15, 0.2) is 16.8 Å². The Morgan fingerprint density at radius 2 is 2.19 bits per heavy atom. The first-order valence-electron chi connectivity index (χ1n) is 5.56. The summed E-state index contributed by atoms with van der Waals surface area (Å²) in [5.74, 6) is -2.00. The van der Waals surface area contributed by atoms with Gasteiger partial charge < -0.3 is 4.74 Å². The second-order valence-electron chi connectivity index (χ2n) is 3.71. The molecule has 2 rings (SSSR count). The average molecular weight is 299 g/mol. The molecule has 1 aromatic carbocycles. The third-order valence-corrected chi connectivity index (χ3v) is 2.58. The monoisotopic (exact) mass is 299 g/mol. The van der Waals surface area contributed by atoms with Crippen LogP contribution in [0, 0.1) is 21.4 Å². The number of aromatic nitrogens is 2. The van der Waals surface area contributed by atoms with Crippen molar-refractivity contribution < 1.29 is 48.6 Å². The molecule has 21 heavy (non-hydrogen) atoms. The summed E-state index contributed by atoms with van der Waals surface area (Å²) in [5.41, 5.74) is -0.269. The third kappa shape index (κ3) is 3.18. The maximum atomic E-state index is 11.7. The largest absolute Gasteiger partial charge is 1.00 e. The summed E-state index contributed by atoms with van der Waals surface area (Å²) in [5, 5.41) is 26.9. The second-order valence-corrected chi connectivity index (χ2v) is 3.71. The van der Waals surface area contributed by atoms with Gasteiger partial charge in [0, 0.05) is 11.6 Å². The molecule has 0 aliphatic carbocycles. The molecule has 0 saturated carbocycles. The Morgan fingerprint density at radius 1 is 1.52 bits per heavy atom. The molecule has 1 aromatic heterocycles. The number of benzene rings is 1. The molecule has 0 bridgehead atoms. The van der Waals surface area contributed by atoms with Crippen molar-refractivity contribution in [3.63, 3.8) is 0 Å². The van der Waals surface area contributed by atoms with E-state index in [1.165, 1.54) is 6.07 Å². The van der Waals surface area contributed by atoms with Gasteiger partial charge in [-0.1, -0.05) is 0 Å². The zero-order chi connectivity index (χ0) is 14.7. The normalized spacial score (nSPS) is 11.2. The first-order chi connectivity index (χ1) is 9.60. The van der Waals surface area contributed by atoms with E-state index in [4.69, 9.17) is 10.00 Å². The van der Waals surface area contributed by atoms with Crippen LogP contribution in [0.4, 0.5) is 5.69 Å². The Hall–Kier alpha value is -2.02. The van der Waals surface area contributed by atoms with Gasteiger partial charge in [0.1, 0.15) is 5.52 Å². The molecule has 0 aliphatic rings. The molecule has 1 atom stereocenters. The Bertz CT molecular complexity index is 723. The van der Waals surface area contributed by atoms with Crippen molar-refractivity contribution in [2.75, 3.05) is 6.61 Å².